The van der Waals surface area contributed by atoms with Gasteiger partial charge in [-0.15, -0.1) is 0 Å². The standard InChI is InChI=1S/C17H27N3O/c1-12(2)10-19-11-14-6-7-15(9-13(14)3)20-8-4-5-16(20)17(18)21/h6-7,9,12,16,19H,4-5,8,10-11H2,1-3H3,(H2,18,21). The molecule has 1 aliphatic heterocycles. The summed E-state index contributed by atoms with van der Waals surface area (Å²) >= 11 is 0. The Morgan fingerprint density at radius 3 is 2.86 bits per heavy atom. The molecule has 1 fully saturated rings. The van der Waals surface area contributed by atoms with Gasteiger partial charge in [-0.05, 0) is 55.5 Å². The van der Waals surface area contributed by atoms with Crippen LogP contribution in [0.5, 0.6) is 0 Å². The number of carbonyl (C=O) groups excluding carboxylic acids is 1. The molecule has 4 nitrogen and oxygen atoms in total. The lowest BCUT2D eigenvalue weighted by atomic mass is 10.1. The van der Waals surface area contributed by atoms with Gasteiger partial charge >= 0.3 is 0 Å². The lowest BCUT2D eigenvalue weighted by Crippen LogP contribution is -2.40. The molecule has 0 aliphatic carbocycles. The van der Waals surface area contributed by atoms with Gasteiger partial charge in [0.25, 0.3) is 0 Å². The highest BCUT2D eigenvalue weighted by Crippen LogP contribution is 2.27. The Bertz CT molecular complexity index is 499. The van der Waals surface area contributed by atoms with Crippen LogP contribution < -0.4 is 16.0 Å². The molecule has 21 heavy (non-hydrogen) atoms. The first kappa shape index (κ1) is 15.8. The molecule has 116 valence electrons. The summed E-state index contributed by atoms with van der Waals surface area (Å²) in [6, 6.07) is 6.30. The highest BCUT2D eigenvalue weighted by atomic mass is 16.1. The van der Waals surface area contributed by atoms with Gasteiger partial charge in [-0.1, -0.05) is 19.9 Å². The van der Waals surface area contributed by atoms with Crippen LogP contribution in [0, 0.1) is 12.8 Å². The zero-order valence-corrected chi connectivity index (χ0v) is 13.4. The van der Waals surface area contributed by atoms with Gasteiger partial charge in [-0.25, -0.2) is 0 Å². The Labute approximate surface area is 127 Å². The van der Waals surface area contributed by atoms with Gasteiger partial charge in [0.1, 0.15) is 6.04 Å². The molecule has 1 heterocycles. The molecule has 1 saturated heterocycles. The molecule has 1 amide bonds. The first-order valence-electron chi connectivity index (χ1n) is 7.85. The molecule has 1 aromatic carbocycles. The van der Waals surface area contributed by atoms with Crippen molar-refractivity contribution >= 4 is 11.6 Å². The van der Waals surface area contributed by atoms with Crippen molar-refractivity contribution in [3.8, 4) is 0 Å². The molecule has 2 rings (SSSR count). The molecule has 0 bridgehead atoms. The Morgan fingerprint density at radius 2 is 2.24 bits per heavy atom. The van der Waals surface area contributed by atoms with Crippen LogP contribution in [0.15, 0.2) is 18.2 Å². The minimum atomic E-state index is -0.215. The maximum absolute atomic E-state index is 11.5. The quantitative estimate of drug-likeness (QED) is 0.844. The summed E-state index contributed by atoms with van der Waals surface area (Å²) < 4.78 is 0. The van der Waals surface area contributed by atoms with Crippen molar-refractivity contribution in [2.75, 3.05) is 18.0 Å². The van der Waals surface area contributed by atoms with Crippen molar-refractivity contribution in [2.45, 2.75) is 46.2 Å². The third kappa shape index (κ3) is 3.97. The second-order valence-electron chi connectivity index (χ2n) is 6.39. The van der Waals surface area contributed by atoms with Crippen LogP contribution >= 0.6 is 0 Å². The summed E-state index contributed by atoms with van der Waals surface area (Å²) in [7, 11) is 0. The smallest absolute Gasteiger partial charge is 0.240 e. The Balaban J connectivity index is 2.06. The maximum atomic E-state index is 11.5. The molecule has 3 N–H and O–H groups in total. The van der Waals surface area contributed by atoms with Crippen molar-refractivity contribution in [1.29, 1.82) is 0 Å². The normalized spacial score (nSPS) is 18.5. The molecule has 1 aromatic rings. The fourth-order valence-corrected chi connectivity index (χ4v) is 2.92. The van der Waals surface area contributed by atoms with Crippen molar-refractivity contribution in [2.24, 2.45) is 11.7 Å². The van der Waals surface area contributed by atoms with Crippen LogP contribution in [0.2, 0.25) is 0 Å². The fraction of sp³-hybridized carbons (Fsp3) is 0.588. The highest BCUT2D eigenvalue weighted by Gasteiger charge is 2.29. The second kappa shape index (κ2) is 6.94. The van der Waals surface area contributed by atoms with E-state index in [1.165, 1.54) is 11.1 Å². The summed E-state index contributed by atoms with van der Waals surface area (Å²) in [4.78, 5) is 13.7. The number of amides is 1. The summed E-state index contributed by atoms with van der Waals surface area (Å²) in [6.07, 6.45) is 1.90. The Kier molecular flexibility index (Phi) is 5.23. The van der Waals surface area contributed by atoms with Gasteiger partial charge in [0.05, 0.1) is 0 Å². The number of benzene rings is 1. The van der Waals surface area contributed by atoms with E-state index in [9.17, 15) is 4.79 Å². The lowest BCUT2D eigenvalue weighted by molar-refractivity contribution is -0.119. The van der Waals surface area contributed by atoms with E-state index in [1.54, 1.807) is 0 Å². The number of carbonyl (C=O) groups is 1. The number of nitrogens with zero attached hydrogens (tertiary/aromatic N) is 1. The third-order valence-corrected chi connectivity index (χ3v) is 4.11. The van der Waals surface area contributed by atoms with Crippen LogP contribution in [0.3, 0.4) is 0 Å². The average molecular weight is 289 g/mol. The number of hydrogen-bond acceptors (Lipinski definition) is 3. The van der Waals surface area contributed by atoms with Gasteiger partial charge in [-0.2, -0.15) is 0 Å². The topological polar surface area (TPSA) is 58.4 Å². The van der Waals surface area contributed by atoms with Crippen LogP contribution in [0.1, 0.15) is 37.8 Å². The van der Waals surface area contributed by atoms with Gasteiger partial charge < -0.3 is 16.0 Å². The van der Waals surface area contributed by atoms with Gasteiger partial charge in [0, 0.05) is 18.8 Å². The molecule has 0 radical (unpaired) electrons. The van der Waals surface area contributed by atoms with E-state index >= 15 is 0 Å². The lowest BCUT2D eigenvalue weighted by Gasteiger charge is -2.25. The van der Waals surface area contributed by atoms with E-state index in [0.717, 1.165) is 38.2 Å². The summed E-state index contributed by atoms with van der Waals surface area (Å²) in [5.41, 5.74) is 9.19. The molecule has 4 heteroatoms. The number of rotatable bonds is 6. The number of hydrogen-bond donors (Lipinski definition) is 2. The van der Waals surface area contributed by atoms with Crippen molar-refractivity contribution in [1.82, 2.24) is 5.32 Å². The number of primary amides is 1. The van der Waals surface area contributed by atoms with Crippen LogP contribution in [0.25, 0.3) is 0 Å². The van der Waals surface area contributed by atoms with E-state index in [4.69, 9.17) is 5.73 Å². The fourth-order valence-electron chi connectivity index (χ4n) is 2.92. The zero-order chi connectivity index (χ0) is 15.4. The first-order valence-corrected chi connectivity index (χ1v) is 7.85. The van der Waals surface area contributed by atoms with E-state index in [-0.39, 0.29) is 11.9 Å². The molecule has 1 aliphatic rings. The summed E-state index contributed by atoms with van der Waals surface area (Å²) in [6.45, 7) is 9.38. The van der Waals surface area contributed by atoms with Gasteiger partial charge in [-0.3, -0.25) is 4.79 Å². The van der Waals surface area contributed by atoms with Crippen molar-refractivity contribution in [3.63, 3.8) is 0 Å². The Hall–Kier alpha value is -1.55. The van der Waals surface area contributed by atoms with Gasteiger partial charge in [0.15, 0.2) is 0 Å². The minimum absolute atomic E-state index is 0.144. The summed E-state index contributed by atoms with van der Waals surface area (Å²) in [5.74, 6) is 0.443. The number of anilines is 1. The monoisotopic (exact) mass is 289 g/mol. The van der Waals surface area contributed by atoms with E-state index in [0.29, 0.717) is 5.92 Å². The van der Waals surface area contributed by atoms with Crippen LogP contribution in [-0.4, -0.2) is 25.0 Å². The number of aryl methyl sites for hydroxylation is 1. The number of nitrogens with one attached hydrogen (secondary N) is 1. The highest BCUT2D eigenvalue weighted by molar-refractivity contribution is 5.84. The van der Waals surface area contributed by atoms with Crippen molar-refractivity contribution in [3.05, 3.63) is 29.3 Å². The average Bonchev–Trinajstić information content (AvgIpc) is 2.89. The minimum Gasteiger partial charge on any atom is -0.368 e. The predicted octanol–water partition coefficient (Wildman–Crippen LogP) is 2.19. The van der Waals surface area contributed by atoms with E-state index in [1.807, 2.05) is 0 Å². The van der Waals surface area contributed by atoms with Crippen LogP contribution in [0.4, 0.5) is 5.69 Å². The maximum Gasteiger partial charge on any atom is 0.240 e. The Morgan fingerprint density at radius 1 is 1.48 bits per heavy atom. The summed E-state index contributed by atoms with van der Waals surface area (Å²) in [5, 5.41) is 3.47. The molecule has 0 saturated carbocycles. The largest absolute Gasteiger partial charge is 0.368 e. The molecule has 0 spiro atoms. The van der Waals surface area contributed by atoms with Gasteiger partial charge in [0.2, 0.25) is 5.91 Å². The zero-order valence-electron chi connectivity index (χ0n) is 13.4. The second-order valence-corrected chi connectivity index (χ2v) is 6.39. The molecule has 1 unspecified atom stereocenters. The van der Waals surface area contributed by atoms with Crippen LogP contribution in [-0.2, 0) is 11.3 Å². The molecular formula is C17H27N3O. The molecule has 1 atom stereocenters. The van der Waals surface area contributed by atoms with E-state index < -0.39 is 0 Å². The first-order chi connectivity index (χ1) is 9.99. The molecule has 0 aromatic heterocycles. The predicted molar refractivity (Wildman–Crippen MR) is 87.3 cm³/mol. The molecular weight excluding hydrogens is 262 g/mol. The van der Waals surface area contributed by atoms with Crippen molar-refractivity contribution < 1.29 is 4.79 Å². The third-order valence-electron chi connectivity index (χ3n) is 4.11. The SMILES string of the molecule is Cc1cc(N2CCCC2C(N)=O)ccc1CNCC(C)C. The van der Waals surface area contributed by atoms with E-state index in [2.05, 4.69) is 49.2 Å². The number of nitrogens with two attached hydrogens (primary N) is 1.